The van der Waals surface area contributed by atoms with Crippen molar-refractivity contribution in [2.75, 3.05) is 0 Å². The van der Waals surface area contributed by atoms with Crippen molar-refractivity contribution in [2.24, 2.45) is 0 Å². The van der Waals surface area contributed by atoms with Gasteiger partial charge in [0.05, 0.1) is 11.2 Å². The van der Waals surface area contributed by atoms with Crippen molar-refractivity contribution in [1.29, 1.82) is 0 Å². The second-order valence-electron chi connectivity index (χ2n) is 4.35. The van der Waals surface area contributed by atoms with Crippen LogP contribution < -0.4 is 0 Å². The lowest BCUT2D eigenvalue weighted by Crippen LogP contribution is -2.02. The molecule has 0 radical (unpaired) electrons. The Morgan fingerprint density at radius 1 is 1.21 bits per heavy atom. The predicted molar refractivity (Wildman–Crippen MR) is 83.1 cm³/mol. The van der Waals surface area contributed by atoms with E-state index in [0.717, 1.165) is 26.7 Å². The Morgan fingerprint density at radius 2 is 2.00 bits per heavy atom. The molecule has 4 heteroatoms. The second kappa shape index (κ2) is 4.92. The van der Waals surface area contributed by atoms with Gasteiger partial charge in [0, 0.05) is 5.39 Å². The molecule has 0 unspecified atom stereocenters. The molecule has 0 amide bonds. The predicted octanol–water partition coefficient (Wildman–Crippen LogP) is 4.33. The van der Waals surface area contributed by atoms with E-state index >= 15 is 0 Å². The molecule has 0 aliphatic rings. The summed E-state index contributed by atoms with van der Waals surface area (Å²) in [5.74, 6) is -0.228. The van der Waals surface area contributed by atoms with Crippen LogP contribution in [0.2, 0.25) is 0 Å². The Balaban J connectivity index is 2.28. The molecule has 2 aromatic carbocycles. The van der Waals surface area contributed by atoms with Gasteiger partial charge in [-0.05, 0) is 58.8 Å². The van der Waals surface area contributed by atoms with Crippen molar-refractivity contribution in [2.45, 2.75) is 13.3 Å². The Labute approximate surface area is 124 Å². The lowest BCUT2D eigenvalue weighted by atomic mass is 10.1. The highest BCUT2D eigenvalue weighted by molar-refractivity contribution is 14.1. The molecule has 1 heterocycles. The molecule has 0 spiro atoms. The quantitative estimate of drug-likeness (QED) is 0.618. The van der Waals surface area contributed by atoms with E-state index in [0.29, 0.717) is 0 Å². The smallest absolute Gasteiger partial charge is 0.124 e. The van der Waals surface area contributed by atoms with E-state index in [1.807, 2.05) is 22.9 Å². The minimum atomic E-state index is -0.228. The molecular weight excluding hydrogens is 354 g/mol. The lowest BCUT2D eigenvalue weighted by Gasteiger charge is -2.08. The van der Waals surface area contributed by atoms with Gasteiger partial charge in [0.25, 0.3) is 0 Å². The molecule has 0 atom stereocenters. The summed E-state index contributed by atoms with van der Waals surface area (Å²) in [5, 5.41) is 5.43. The van der Waals surface area contributed by atoms with Gasteiger partial charge >= 0.3 is 0 Å². The van der Waals surface area contributed by atoms with Gasteiger partial charge in [0.1, 0.15) is 9.52 Å². The Bertz CT molecular complexity index is 749. The van der Waals surface area contributed by atoms with E-state index < -0.39 is 0 Å². The molecule has 0 fully saturated rings. The number of fused-ring (bicyclic) bond motifs is 1. The first-order chi connectivity index (χ1) is 9.20. The number of halogens is 2. The maximum absolute atomic E-state index is 13.3. The topological polar surface area (TPSA) is 17.8 Å². The van der Waals surface area contributed by atoms with Gasteiger partial charge in [-0.15, -0.1) is 0 Å². The first kappa shape index (κ1) is 12.6. The van der Waals surface area contributed by atoms with E-state index in [9.17, 15) is 4.39 Å². The summed E-state index contributed by atoms with van der Waals surface area (Å²) in [5.41, 5.74) is 3.11. The van der Waals surface area contributed by atoms with Crippen molar-refractivity contribution in [3.63, 3.8) is 0 Å². The van der Waals surface area contributed by atoms with Crippen LogP contribution >= 0.6 is 22.6 Å². The van der Waals surface area contributed by atoms with Gasteiger partial charge in [-0.1, -0.05) is 25.1 Å². The van der Waals surface area contributed by atoms with Crippen LogP contribution in [0.4, 0.5) is 4.39 Å². The van der Waals surface area contributed by atoms with Crippen molar-refractivity contribution in [1.82, 2.24) is 9.78 Å². The number of rotatable bonds is 2. The van der Waals surface area contributed by atoms with Crippen LogP contribution in [-0.4, -0.2) is 9.78 Å². The monoisotopic (exact) mass is 366 g/mol. The lowest BCUT2D eigenvalue weighted by molar-refractivity contribution is 0.629. The fourth-order valence-corrected chi connectivity index (χ4v) is 3.00. The van der Waals surface area contributed by atoms with Crippen LogP contribution in [0.3, 0.4) is 0 Å². The van der Waals surface area contributed by atoms with Crippen LogP contribution in [0.25, 0.3) is 16.6 Å². The van der Waals surface area contributed by atoms with Gasteiger partial charge in [-0.2, -0.15) is 5.10 Å². The number of para-hydroxylation sites is 1. The van der Waals surface area contributed by atoms with E-state index in [2.05, 4.69) is 40.7 Å². The second-order valence-corrected chi connectivity index (χ2v) is 5.37. The fourth-order valence-electron chi connectivity index (χ4n) is 2.20. The highest BCUT2D eigenvalue weighted by atomic mass is 127. The van der Waals surface area contributed by atoms with Crippen molar-refractivity contribution < 1.29 is 4.39 Å². The molecular formula is C15H12FIN2. The molecule has 3 rings (SSSR count). The molecule has 0 saturated carbocycles. The summed E-state index contributed by atoms with van der Waals surface area (Å²) < 4.78 is 16.2. The summed E-state index contributed by atoms with van der Waals surface area (Å²) in [6.45, 7) is 2.12. The van der Waals surface area contributed by atoms with Crippen LogP contribution in [0.5, 0.6) is 0 Å². The van der Waals surface area contributed by atoms with Crippen molar-refractivity contribution in [3.8, 4) is 5.69 Å². The fraction of sp³-hybridized carbons (Fsp3) is 0.133. The highest BCUT2D eigenvalue weighted by Gasteiger charge is 2.12. The average molecular weight is 366 g/mol. The molecule has 1 aromatic heterocycles. The Kier molecular flexibility index (Phi) is 3.26. The zero-order valence-electron chi connectivity index (χ0n) is 10.4. The third kappa shape index (κ3) is 2.14. The first-order valence-corrected chi connectivity index (χ1v) is 7.20. The number of hydrogen-bond acceptors (Lipinski definition) is 1. The van der Waals surface area contributed by atoms with Crippen LogP contribution in [0.1, 0.15) is 12.5 Å². The minimum Gasteiger partial charge on any atom is -0.226 e. The largest absolute Gasteiger partial charge is 0.226 e. The van der Waals surface area contributed by atoms with Gasteiger partial charge in [0.15, 0.2) is 0 Å². The van der Waals surface area contributed by atoms with Gasteiger partial charge < -0.3 is 0 Å². The summed E-state index contributed by atoms with van der Waals surface area (Å²) in [6, 6.07) is 12.9. The summed E-state index contributed by atoms with van der Waals surface area (Å²) in [7, 11) is 0. The molecule has 0 bridgehead atoms. The molecule has 19 heavy (non-hydrogen) atoms. The first-order valence-electron chi connectivity index (χ1n) is 6.12. The van der Waals surface area contributed by atoms with Crippen LogP contribution in [0.15, 0.2) is 42.5 Å². The van der Waals surface area contributed by atoms with E-state index in [-0.39, 0.29) is 5.82 Å². The normalized spacial score (nSPS) is 11.1. The number of hydrogen-bond donors (Lipinski definition) is 0. The number of aromatic nitrogens is 2. The van der Waals surface area contributed by atoms with E-state index in [4.69, 9.17) is 0 Å². The molecule has 2 nitrogen and oxygen atoms in total. The maximum Gasteiger partial charge on any atom is 0.124 e. The van der Waals surface area contributed by atoms with Gasteiger partial charge in [0.2, 0.25) is 0 Å². The van der Waals surface area contributed by atoms with E-state index in [1.165, 1.54) is 17.7 Å². The number of benzene rings is 2. The van der Waals surface area contributed by atoms with Crippen LogP contribution in [0, 0.1) is 9.52 Å². The molecule has 0 saturated heterocycles. The van der Waals surface area contributed by atoms with Gasteiger partial charge in [-0.3, -0.25) is 0 Å². The number of nitrogens with zero attached hydrogens (tertiary/aromatic N) is 2. The summed E-state index contributed by atoms with van der Waals surface area (Å²) in [6.07, 6.45) is 0.941. The van der Waals surface area contributed by atoms with Crippen molar-refractivity contribution >= 4 is 33.5 Å². The van der Waals surface area contributed by atoms with E-state index in [1.54, 1.807) is 6.07 Å². The zero-order chi connectivity index (χ0) is 13.4. The molecule has 0 aliphatic carbocycles. The molecule has 96 valence electrons. The summed E-state index contributed by atoms with van der Waals surface area (Å²) in [4.78, 5) is 0. The van der Waals surface area contributed by atoms with Gasteiger partial charge in [-0.25, -0.2) is 9.07 Å². The molecule has 3 aromatic rings. The highest BCUT2D eigenvalue weighted by Crippen LogP contribution is 2.25. The Hall–Kier alpha value is -1.43. The zero-order valence-corrected chi connectivity index (χ0v) is 12.6. The standard InChI is InChI=1S/C15H12FIN2/c1-2-10-5-3-4-6-14(10)19-15(17)12-9-11(16)7-8-13(12)18-19/h3-9H,2H2,1H3. The number of aryl methyl sites for hydroxylation is 1. The molecule has 0 aliphatic heterocycles. The van der Waals surface area contributed by atoms with Crippen molar-refractivity contribution in [3.05, 3.63) is 57.5 Å². The Morgan fingerprint density at radius 3 is 2.79 bits per heavy atom. The minimum absolute atomic E-state index is 0.228. The molecule has 0 N–H and O–H groups in total. The SMILES string of the molecule is CCc1ccccc1-n1nc2ccc(F)cc2c1I. The maximum atomic E-state index is 13.3. The third-order valence-electron chi connectivity index (χ3n) is 3.18. The summed E-state index contributed by atoms with van der Waals surface area (Å²) >= 11 is 2.22. The van der Waals surface area contributed by atoms with Crippen LogP contribution in [-0.2, 0) is 6.42 Å². The third-order valence-corrected chi connectivity index (χ3v) is 4.21. The average Bonchev–Trinajstić information content (AvgIpc) is 2.76.